The summed E-state index contributed by atoms with van der Waals surface area (Å²) < 4.78 is 0. The molecule has 0 aliphatic carbocycles. The van der Waals surface area contributed by atoms with Gasteiger partial charge in [0.25, 0.3) is 5.91 Å². The maximum absolute atomic E-state index is 11.9. The Kier molecular flexibility index (Phi) is 4.16. The third-order valence-corrected chi connectivity index (χ3v) is 2.28. The summed E-state index contributed by atoms with van der Waals surface area (Å²) in [5.41, 5.74) is 0.628. The molecule has 1 rings (SSSR count). The number of aromatic hydroxyl groups is 1. The number of hydrogen-bond acceptors (Lipinski definition) is 2. The van der Waals surface area contributed by atoms with Crippen molar-refractivity contribution in [2.24, 2.45) is 0 Å². The number of nitrogens with zero attached hydrogens (tertiary/aromatic N) is 1. The van der Waals surface area contributed by atoms with Gasteiger partial charge in [-0.15, -0.1) is 0 Å². The van der Waals surface area contributed by atoms with Crippen LogP contribution in [0.5, 0.6) is 5.75 Å². The smallest absolute Gasteiger partial charge is 0.253 e. The second kappa shape index (κ2) is 5.39. The highest BCUT2D eigenvalue weighted by atomic mass is 16.3. The molecule has 0 saturated carbocycles. The molecule has 0 unspecified atom stereocenters. The Morgan fingerprint density at radius 2 is 1.87 bits per heavy atom. The molecule has 3 nitrogen and oxygen atoms in total. The number of benzene rings is 1. The number of carbonyl (C=O) groups excluding carboxylic acids is 1. The zero-order chi connectivity index (χ0) is 11.3. The molecule has 0 bridgehead atoms. The van der Waals surface area contributed by atoms with Crippen LogP contribution in [0.2, 0.25) is 0 Å². The van der Waals surface area contributed by atoms with Crippen LogP contribution in [0.25, 0.3) is 0 Å². The van der Waals surface area contributed by atoms with Gasteiger partial charge < -0.3 is 10.0 Å². The van der Waals surface area contributed by atoms with Crippen LogP contribution >= 0.6 is 0 Å². The summed E-state index contributed by atoms with van der Waals surface area (Å²) in [7, 11) is 0. The molecule has 82 valence electrons. The minimum Gasteiger partial charge on any atom is -0.508 e. The molecule has 15 heavy (non-hydrogen) atoms. The summed E-state index contributed by atoms with van der Waals surface area (Å²) in [6, 6.07) is 6.37. The number of carbonyl (C=O) groups is 1. The summed E-state index contributed by atoms with van der Waals surface area (Å²) in [6.07, 6.45) is 0.956. The number of rotatable bonds is 4. The lowest BCUT2D eigenvalue weighted by molar-refractivity contribution is 0.0764. The Hall–Kier alpha value is -1.51. The van der Waals surface area contributed by atoms with Crippen molar-refractivity contribution in [3.8, 4) is 5.75 Å². The van der Waals surface area contributed by atoms with Crippen molar-refractivity contribution in [3.63, 3.8) is 0 Å². The molecule has 1 aromatic rings. The largest absolute Gasteiger partial charge is 0.508 e. The highest BCUT2D eigenvalue weighted by Crippen LogP contribution is 2.11. The van der Waals surface area contributed by atoms with E-state index in [1.54, 1.807) is 17.0 Å². The Morgan fingerprint density at radius 1 is 1.27 bits per heavy atom. The molecule has 0 heterocycles. The zero-order valence-electron chi connectivity index (χ0n) is 9.23. The van der Waals surface area contributed by atoms with E-state index in [2.05, 4.69) is 0 Å². The van der Waals surface area contributed by atoms with Crippen molar-refractivity contribution >= 4 is 5.91 Å². The van der Waals surface area contributed by atoms with Crippen molar-refractivity contribution < 1.29 is 9.90 Å². The van der Waals surface area contributed by atoms with E-state index < -0.39 is 0 Å². The third-order valence-electron chi connectivity index (χ3n) is 2.28. The molecular weight excluding hydrogens is 190 g/mol. The molecular formula is C12H17NO2. The Labute approximate surface area is 90.3 Å². The van der Waals surface area contributed by atoms with Crippen LogP contribution < -0.4 is 0 Å². The van der Waals surface area contributed by atoms with E-state index in [-0.39, 0.29) is 11.7 Å². The average Bonchev–Trinajstić information content (AvgIpc) is 2.26. The summed E-state index contributed by atoms with van der Waals surface area (Å²) >= 11 is 0. The topological polar surface area (TPSA) is 40.5 Å². The normalized spacial score (nSPS) is 10.0. The molecule has 0 spiro atoms. The fraction of sp³-hybridized carbons (Fsp3) is 0.417. The molecule has 3 heteroatoms. The fourth-order valence-corrected chi connectivity index (χ4v) is 1.46. The average molecular weight is 207 g/mol. The third kappa shape index (κ3) is 2.98. The lowest BCUT2D eigenvalue weighted by Crippen LogP contribution is -2.31. The maximum Gasteiger partial charge on any atom is 0.253 e. The second-order valence-electron chi connectivity index (χ2n) is 3.43. The van der Waals surface area contributed by atoms with Crippen LogP contribution in [-0.2, 0) is 0 Å². The monoisotopic (exact) mass is 207 g/mol. The van der Waals surface area contributed by atoms with Crippen molar-refractivity contribution in [1.82, 2.24) is 4.90 Å². The van der Waals surface area contributed by atoms with Gasteiger partial charge in [-0.2, -0.15) is 0 Å². The van der Waals surface area contributed by atoms with Crippen LogP contribution in [0.1, 0.15) is 30.6 Å². The van der Waals surface area contributed by atoms with Crippen LogP contribution in [-0.4, -0.2) is 29.0 Å². The first-order valence-electron chi connectivity index (χ1n) is 5.27. The second-order valence-corrected chi connectivity index (χ2v) is 3.43. The summed E-state index contributed by atoms with van der Waals surface area (Å²) in [4.78, 5) is 13.7. The van der Waals surface area contributed by atoms with E-state index >= 15 is 0 Å². The molecule has 1 aromatic carbocycles. The first kappa shape index (κ1) is 11.6. The predicted octanol–water partition coefficient (Wildman–Crippen LogP) is 2.26. The number of phenols is 1. The van der Waals surface area contributed by atoms with Gasteiger partial charge in [-0.05, 0) is 37.6 Å². The Balaban J connectivity index is 2.78. The fourth-order valence-electron chi connectivity index (χ4n) is 1.46. The van der Waals surface area contributed by atoms with Gasteiger partial charge in [-0.25, -0.2) is 0 Å². The van der Waals surface area contributed by atoms with Gasteiger partial charge in [0.05, 0.1) is 0 Å². The highest BCUT2D eigenvalue weighted by Gasteiger charge is 2.12. The van der Waals surface area contributed by atoms with E-state index in [4.69, 9.17) is 5.11 Å². The Bertz CT molecular complexity index is 319. The molecule has 0 saturated heterocycles. The lowest BCUT2D eigenvalue weighted by atomic mass is 10.2. The van der Waals surface area contributed by atoms with Gasteiger partial charge in [0.15, 0.2) is 0 Å². The molecule has 0 aliphatic heterocycles. The van der Waals surface area contributed by atoms with Crippen LogP contribution in [0.3, 0.4) is 0 Å². The molecule has 1 amide bonds. The summed E-state index contributed by atoms with van der Waals surface area (Å²) in [5.74, 6) is 0.212. The summed E-state index contributed by atoms with van der Waals surface area (Å²) in [6.45, 7) is 5.50. The van der Waals surface area contributed by atoms with Crippen molar-refractivity contribution in [1.29, 1.82) is 0 Å². The van der Waals surface area contributed by atoms with Gasteiger partial charge in [-0.1, -0.05) is 6.92 Å². The number of hydrogen-bond donors (Lipinski definition) is 1. The molecule has 1 N–H and O–H groups in total. The van der Waals surface area contributed by atoms with Crippen molar-refractivity contribution in [3.05, 3.63) is 29.8 Å². The first-order chi connectivity index (χ1) is 7.19. The molecule has 0 atom stereocenters. The summed E-state index contributed by atoms with van der Waals surface area (Å²) in [5, 5.41) is 9.11. The van der Waals surface area contributed by atoms with Crippen LogP contribution in [0, 0.1) is 0 Å². The molecule has 0 fully saturated rings. The quantitative estimate of drug-likeness (QED) is 0.822. The van der Waals surface area contributed by atoms with Crippen molar-refractivity contribution in [2.45, 2.75) is 20.3 Å². The standard InChI is InChI=1S/C12H17NO2/c1-3-9-13(4-2)12(15)10-5-7-11(14)8-6-10/h5-8,14H,3-4,9H2,1-2H3. The molecule has 0 radical (unpaired) electrons. The number of amides is 1. The minimum absolute atomic E-state index is 0.0272. The van der Waals surface area contributed by atoms with Crippen LogP contribution in [0.4, 0.5) is 0 Å². The molecule has 0 aliphatic rings. The van der Waals surface area contributed by atoms with Gasteiger partial charge in [0.1, 0.15) is 5.75 Å². The van der Waals surface area contributed by atoms with E-state index in [0.29, 0.717) is 12.1 Å². The van der Waals surface area contributed by atoms with E-state index in [1.165, 1.54) is 12.1 Å². The van der Waals surface area contributed by atoms with E-state index in [9.17, 15) is 4.79 Å². The van der Waals surface area contributed by atoms with Gasteiger partial charge >= 0.3 is 0 Å². The van der Waals surface area contributed by atoms with Gasteiger partial charge in [-0.3, -0.25) is 4.79 Å². The Morgan fingerprint density at radius 3 is 2.33 bits per heavy atom. The number of phenolic OH excluding ortho intramolecular Hbond substituents is 1. The zero-order valence-corrected chi connectivity index (χ0v) is 9.23. The van der Waals surface area contributed by atoms with Crippen LogP contribution in [0.15, 0.2) is 24.3 Å². The van der Waals surface area contributed by atoms with E-state index in [0.717, 1.165) is 13.0 Å². The minimum atomic E-state index is 0.0272. The van der Waals surface area contributed by atoms with Crippen molar-refractivity contribution in [2.75, 3.05) is 13.1 Å². The van der Waals surface area contributed by atoms with E-state index in [1.807, 2.05) is 13.8 Å². The van der Waals surface area contributed by atoms with Gasteiger partial charge in [0, 0.05) is 18.7 Å². The highest BCUT2D eigenvalue weighted by molar-refractivity contribution is 5.94. The maximum atomic E-state index is 11.9. The SMILES string of the molecule is CCCN(CC)C(=O)c1ccc(O)cc1. The van der Waals surface area contributed by atoms with Gasteiger partial charge in [0.2, 0.25) is 0 Å². The first-order valence-corrected chi connectivity index (χ1v) is 5.27. The molecule has 0 aromatic heterocycles. The predicted molar refractivity (Wildman–Crippen MR) is 60.0 cm³/mol. The lowest BCUT2D eigenvalue weighted by Gasteiger charge is -2.19.